The van der Waals surface area contributed by atoms with Crippen LogP contribution in [-0.2, 0) is 0 Å². The van der Waals surface area contributed by atoms with E-state index in [1.807, 2.05) is 0 Å². The average Bonchev–Trinajstić information content (AvgIpc) is 2.87. The van der Waals surface area contributed by atoms with Gasteiger partial charge in [-0.05, 0) is 25.0 Å². The van der Waals surface area contributed by atoms with Crippen LogP contribution in [0.3, 0.4) is 0 Å². The molecular formula is C9H9NO2. The molecule has 3 heteroatoms. The molecule has 0 radical (unpaired) electrons. The van der Waals surface area contributed by atoms with Gasteiger partial charge in [-0.25, -0.2) is 4.98 Å². The van der Waals surface area contributed by atoms with Crippen molar-refractivity contribution in [1.82, 2.24) is 4.98 Å². The van der Waals surface area contributed by atoms with Crippen molar-refractivity contribution in [3.05, 3.63) is 24.0 Å². The van der Waals surface area contributed by atoms with Crippen LogP contribution in [0.15, 0.2) is 18.3 Å². The van der Waals surface area contributed by atoms with E-state index in [-0.39, 0.29) is 17.5 Å². The maximum atomic E-state index is 11.4. The summed E-state index contributed by atoms with van der Waals surface area (Å²) in [5, 5.41) is 8.92. The van der Waals surface area contributed by atoms with Crippen LogP contribution in [0.25, 0.3) is 0 Å². The van der Waals surface area contributed by atoms with Crippen molar-refractivity contribution in [2.24, 2.45) is 5.92 Å². The fourth-order valence-corrected chi connectivity index (χ4v) is 1.09. The van der Waals surface area contributed by atoms with E-state index in [9.17, 15) is 4.79 Å². The number of nitrogens with zero attached hydrogens (tertiary/aromatic N) is 1. The number of aromatic hydroxyl groups is 1. The molecule has 1 heterocycles. The number of aromatic nitrogens is 1. The molecule has 1 aliphatic carbocycles. The Balaban J connectivity index is 2.22. The summed E-state index contributed by atoms with van der Waals surface area (Å²) in [5.74, 6) is 0.402. The Labute approximate surface area is 70.1 Å². The summed E-state index contributed by atoms with van der Waals surface area (Å²) in [7, 11) is 0. The van der Waals surface area contributed by atoms with Gasteiger partial charge in [0.2, 0.25) is 0 Å². The molecule has 1 aromatic rings. The fraction of sp³-hybridized carbons (Fsp3) is 0.333. The molecule has 1 aliphatic rings. The zero-order chi connectivity index (χ0) is 8.55. The Morgan fingerprint density at radius 2 is 2.25 bits per heavy atom. The van der Waals surface area contributed by atoms with Crippen LogP contribution in [0.5, 0.6) is 5.75 Å². The molecule has 1 aromatic heterocycles. The molecule has 0 aliphatic heterocycles. The lowest BCUT2D eigenvalue weighted by Gasteiger charge is -1.96. The SMILES string of the molecule is O=C(c1ccc(O)cn1)C1CC1. The molecule has 0 aromatic carbocycles. The van der Waals surface area contributed by atoms with Gasteiger partial charge in [0.05, 0.1) is 6.20 Å². The maximum Gasteiger partial charge on any atom is 0.184 e. The summed E-state index contributed by atoms with van der Waals surface area (Å²) in [6.45, 7) is 0. The lowest BCUT2D eigenvalue weighted by molar-refractivity contribution is 0.0963. The van der Waals surface area contributed by atoms with Crippen LogP contribution < -0.4 is 0 Å². The largest absolute Gasteiger partial charge is 0.506 e. The molecule has 2 rings (SSSR count). The minimum atomic E-state index is 0.0994. The Morgan fingerprint density at radius 3 is 2.75 bits per heavy atom. The van der Waals surface area contributed by atoms with Crippen LogP contribution in [0.2, 0.25) is 0 Å². The number of carbonyl (C=O) groups is 1. The zero-order valence-electron chi connectivity index (χ0n) is 6.53. The topological polar surface area (TPSA) is 50.2 Å². The number of rotatable bonds is 2. The number of ketones is 1. The summed E-state index contributed by atoms with van der Waals surface area (Å²) in [6, 6.07) is 3.05. The number of Topliss-reactive ketones (excluding diaryl/α,β-unsaturated/α-hetero) is 1. The summed E-state index contributed by atoms with van der Waals surface area (Å²) >= 11 is 0. The average molecular weight is 163 g/mol. The first-order valence-corrected chi connectivity index (χ1v) is 3.96. The van der Waals surface area contributed by atoms with Crippen LogP contribution in [0.4, 0.5) is 0 Å². The summed E-state index contributed by atoms with van der Waals surface area (Å²) in [5.41, 5.74) is 0.468. The monoisotopic (exact) mass is 163 g/mol. The predicted octanol–water partition coefficient (Wildman–Crippen LogP) is 1.38. The molecule has 0 amide bonds. The highest BCUT2D eigenvalue weighted by Gasteiger charge is 2.30. The van der Waals surface area contributed by atoms with Crippen molar-refractivity contribution in [3.63, 3.8) is 0 Å². The Hall–Kier alpha value is -1.38. The molecule has 0 unspecified atom stereocenters. The summed E-state index contributed by atoms with van der Waals surface area (Å²) < 4.78 is 0. The van der Waals surface area contributed by atoms with E-state index >= 15 is 0 Å². The first kappa shape index (κ1) is 7.28. The second-order valence-corrected chi connectivity index (χ2v) is 3.04. The molecule has 1 fully saturated rings. The molecule has 0 atom stereocenters. The van der Waals surface area contributed by atoms with Gasteiger partial charge in [0, 0.05) is 5.92 Å². The molecule has 62 valence electrons. The molecule has 1 N–H and O–H groups in total. The molecule has 1 saturated carbocycles. The lowest BCUT2D eigenvalue weighted by Crippen LogP contribution is -2.03. The van der Waals surface area contributed by atoms with Gasteiger partial charge in [0.15, 0.2) is 5.78 Å². The van der Waals surface area contributed by atoms with E-state index in [1.165, 1.54) is 12.3 Å². The van der Waals surface area contributed by atoms with E-state index in [1.54, 1.807) is 6.07 Å². The quantitative estimate of drug-likeness (QED) is 0.670. The molecule has 0 saturated heterocycles. The highest BCUT2D eigenvalue weighted by atomic mass is 16.3. The van der Waals surface area contributed by atoms with Gasteiger partial charge < -0.3 is 5.11 Å². The van der Waals surface area contributed by atoms with E-state index in [0.717, 1.165) is 12.8 Å². The van der Waals surface area contributed by atoms with E-state index in [2.05, 4.69) is 4.98 Å². The third kappa shape index (κ3) is 1.30. The highest BCUT2D eigenvalue weighted by Crippen LogP contribution is 2.32. The van der Waals surface area contributed by atoms with Gasteiger partial charge in [-0.1, -0.05) is 0 Å². The van der Waals surface area contributed by atoms with Gasteiger partial charge in [-0.3, -0.25) is 4.79 Å². The van der Waals surface area contributed by atoms with Gasteiger partial charge in [0.1, 0.15) is 11.4 Å². The second kappa shape index (κ2) is 2.59. The van der Waals surface area contributed by atoms with E-state index < -0.39 is 0 Å². The van der Waals surface area contributed by atoms with Crippen molar-refractivity contribution in [2.45, 2.75) is 12.8 Å². The number of carbonyl (C=O) groups excluding carboxylic acids is 1. The fourth-order valence-electron chi connectivity index (χ4n) is 1.09. The normalized spacial score (nSPS) is 16.0. The van der Waals surface area contributed by atoms with Gasteiger partial charge in [-0.2, -0.15) is 0 Å². The van der Waals surface area contributed by atoms with Gasteiger partial charge in [0.25, 0.3) is 0 Å². The van der Waals surface area contributed by atoms with Crippen LogP contribution >= 0.6 is 0 Å². The Bertz CT molecular complexity index is 301. The molecular weight excluding hydrogens is 154 g/mol. The number of pyridine rings is 1. The van der Waals surface area contributed by atoms with Crippen molar-refractivity contribution >= 4 is 5.78 Å². The van der Waals surface area contributed by atoms with Crippen molar-refractivity contribution in [2.75, 3.05) is 0 Å². The van der Waals surface area contributed by atoms with Crippen molar-refractivity contribution in [3.8, 4) is 5.75 Å². The maximum absolute atomic E-state index is 11.4. The summed E-state index contributed by atoms with van der Waals surface area (Å²) in [6.07, 6.45) is 3.28. The molecule has 3 nitrogen and oxygen atoms in total. The van der Waals surface area contributed by atoms with Crippen molar-refractivity contribution in [1.29, 1.82) is 0 Å². The third-order valence-electron chi connectivity index (χ3n) is 1.95. The minimum Gasteiger partial charge on any atom is -0.506 e. The smallest absolute Gasteiger partial charge is 0.184 e. The van der Waals surface area contributed by atoms with E-state index in [4.69, 9.17) is 5.11 Å². The number of hydrogen-bond donors (Lipinski definition) is 1. The van der Waals surface area contributed by atoms with Gasteiger partial charge >= 0.3 is 0 Å². The van der Waals surface area contributed by atoms with Crippen LogP contribution in [0, 0.1) is 5.92 Å². The van der Waals surface area contributed by atoms with Crippen LogP contribution in [0.1, 0.15) is 23.3 Å². The molecule has 0 spiro atoms. The van der Waals surface area contributed by atoms with Crippen molar-refractivity contribution < 1.29 is 9.90 Å². The predicted molar refractivity (Wildman–Crippen MR) is 43.0 cm³/mol. The van der Waals surface area contributed by atoms with Gasteiger partial charge in [-0.15, -0.1) is 0 Å². The highest BCUT2D eigenvalue weighted by molar-refractivity contribution is 5.97. The number of hydrogen-bond acceptors (Lipinski definition) is 3. The molecule has 12 heavy (non-hydrogen) atoms. The van der Waals surface area contributed by atoms with Crippen LogP contribution in [-0.4, -0.2) is 15.9 Å². The first-order chi connectivity index (χ1) is 5.77. The van der Waals surface area contributed by atoms with E-state index in [0.29, 0.717) is 5.69 Å². The second-order valence-electron chi connectivity index (χ2n) is 3.04. The first-order valence-electron chi connectivity index (χ1n) is 3.96. The summed E-state index contributed by atoms with van der Waals surface area (Å²) in [4.78, 5) is 15.2. The lowest BCUT2D eigenvalue weighted by atomic mass is 10.2. The zero-order valence-corrected chi connectivity index (χ0v) is 6.53. The standard InChI is InChI=1S/C9H9NO2/c11-7-3-4-8(10-5-7)9(12)6-1-2-6/h3-6,11H,1-2H2. The third-order valence-corrected chi connectivity index (χ3v) is 1.95. The Kier molecular flexibility index (Phi) is 1.57. The Morgan fingerprint density at radius 1 is 1.50 bits per heavy atom. The minimum absolute atomic E-state index is 0.0994. The molecule has 0 bridgehead atoms.